The lowest BCUT2D eigenvalue weighted by Crippen LogP contribution is -2.40. The van der Waals surface area contributed by atoms with Crippen molar-refractivity contribution >= 4 is 23.4 Å². The van der Waals surface area contributed by atoms with E-state index >= 15 is 8.78 Å². The lowest BCUT2D eigenvalue weighted by molar-refractivity contribution is -0.0607. The van der Waals surface area contributed by atoms with Crippen LogP contribution in [0.25, 0.3) is 0 Å². The van der Waals surface area contributed by atoms with Crippen LogP contribution in [0.3, 0.4) is 0 Å². The summed E-state index contributed by atoms with van der Waals surface area (Å²) in [6, 6.07) is 0.169. The summed E-state index contributed by atoms with van der Waals surface area (Å²) in [5.74, 6) is 0.415. The SMILES string of the molecule is COC1CC(C2CCCc3nc(SCC4C(F)CC(OCCOCCOCCN(C)C)CC4F)n(C4CCC(F)CC4)c32)CCC1Cl. The van der Waals surface area contributed by atoms with Gasteiger partial charge in [0.25, 0.3) is 0 Å². The number of ether oxygens (including phenoxy) is 4. The van der Waals surface area contributed by atoms with Crippen molar-refractivity contribution < 1.29 is 32.1 Å². The van der Waals surface area contributed by atoms with Crippen LogP contribution in [0.5, 0.6) is 0 Å². The van der Waals surface area contributed by atoms with E-state index in [1.807, 2.05) is 14.1 Å². The molecule has 0 bridgehead atoms. The molecule has 0 aromatic carbocycles. The quantitative estimate of drug-likeness (QED) is 0.101. The van der Waals surface area contributed by atoms with Gasteiger partial charge < -0.3 is 28.4 Å². The fourth-order valence-electron chi connectivity index (χ4n) is 8.14. The molecular formula is C35H57ClF3N3O4S. The van der Waals surface area contributed by atoms with Gasteiger partial charge in [0.15, 0.2) is 5.16 Å². The first-order valence-corrected chi connectivity index (χ1v) is 19.4. The number of aromatic nitrogens is 2. The van der Waals surface area contributed by atoms with Crippen LogP contribution in [0.4, 0.5) is 13.2 Å². The zero-order valence-electron chi connectivity index (χ0n) is 28.6. The Hall–Kier alpha value is -0.560. The minimum absolute atomic E-state index is 0.0365. The topological polar surface area (TPSA) is 58.0 Å². The number of halogens is 4. The van der Waals surface area contributed by atoms with Gasteiger partial charge in [-0.2, -0.15) is 0 Å². The molecule has 6 unspecified atom stereocenters. The lowest BCUT2D eigenvalue weighted by Gasteiger charge is -2.39. The fourth-order valence-corrected chi connectivity index (χ4v) is 9.80. The molecule has 6 atom stereocenters. The van der Waals surface area contributed by atoms with Gasteiger partial charge in [0.1, 0.15) is 18.5 Å². The van der Waals surface area contributed by atoms with Gasteiger partial charge in [-0.1, -0.05) is 11.8 Å². The van der Waals surface area contributed by atoms with Crippen LogP contribution in [0.1, 0.15) is 94.0 Å². The van der Waals surface area contributed by atoms with Gasteiger partial charge in [-0.15, -0.1) is 11.6 Å². The third-order valence-electron chi connectivity index (χ3n) is 10.8. The molecule has 0 saturated heterocycles. The molecule has 47 heavy (non-hydrogen) atoms. The van der Waals surface area contributed by atoms with Gasteiger partial charge in [-0.3, -0.25) is 0 Å². The summed E-state index contributed by atoms with van der Waals surface area (Å²) < 4.78 is 70.4. The summed E-state index contributed by atoms with van der Waals surface area (Å²) in [6.07, 6.45) is 5.28. The van der Waals surface area contributed by atoms with Crippen LogP contribution in [-0.4, -0.2) is 117 Å². The van der Waals surface area contributed by atoms with Crippen molar-refractivity contribution in [2.45, 2.75) is 130 Å². The second kappa shape index (κ2) is 18.6. The number of likely N-dealkylation sites (N-methyl/N-ethyl adjacent to an activating group) is 1. The van der Waals surface area contributed by atoms with Crippen molar-refractivity contribution in [1.82, 2.24) is 14.5 Å². The second-order valence-electron chi connectivity index (χ2n) is 14.4. The summed E-state index contributed by atoms with van der Waals surface area (Å²) >= 11 is 8.10. The van der Waals surface area contributed by atoms with E-state index in [0.717, 1.165) is 68.8 Å². The Morgan fingerprint density at radius 2 is 1.60 bits per heavy atom. The van der Waals surface area contributed by atoms with Gasteiger partial charge in [0.2, 0.25) is 0 Å². The van der Waals surface area contributed by atoms with Crippen LogP contribution in [0.2, 0.25) is 0 Å². The monoisotopic (exact) mass is 707 g/mol. The smallest absolute Gasteiger partial charge is 0.168 e. The number of rotatable bonds is 16. The zero-order chi connectivity index (χ0) is 33.3. The summed E-state index contributed by atoms with van der Waals surface area (Å²) in [4.78, 5) is 7.22. The van der Waals surface area contributed by atoms with Crippen molar-refractivity contribution in [1.29, 1.82) is 0 Å². The minimum Gasteiger partial charge on any atom is -0.380 e. The largest absolute Gasteiger partial charge is 0.380 e. The standard InChI is InChI=1S/C35H57ClF3N3O4S/c1-41(2)13-14-44-15-16-45-17-18-46-26-20-30(38)28(31(39)21-26)22-47-35-40-32-6-4-5-27(23-7-12-29(36)33(19-23)43-3)34(32)42(35)25-10-8-24(37)9-11-25/h23-31,33H,4-22H2,1-3H3. The molecule has 4 aliphatic carbocycles. The zero-order valence-corrected chi connectivity index (χ0v) is 30.2. The summed E-state index contributed by atoms with van der Waals surface area (Å²) in [5.41, 5.74) is 2.42. The van der Waals surface area contributed by atoms with Crippen LogP contribution in [0.15, 0.2) is 5.16 Å². The predicted molar refractivity (Wildman–Crippen MR) is 181 cm³/mol. The number of fused-ring (bicyclic) bond motifs is 1. The number of methoxy groups -OCH3 is 1. The molecule has 0 N–H and O–H groups in total. The molecule has 1 heterocycles. The van der Waals surface area contributed by atoms with Gasteiger partial charge in [0.05, 0.1) is 56.3 Å². The number of imidazole rings is 1. The maximum atomic E-state index is 15.5. The average Bonchev–Trinajstić information content (AvgIpc) is 3.42. The summed E-state index contributed by atoms with van der Waals surface area (Å²) in [7, 11) is 5.75. The number of nitrogens with zero attached hydrogens (tertiary/aromatic N) is 3. The molecule has 270 valence electrons. The highest BCUT2D eigenvalue weighted by molar-refractivity contribution is 7.99. The van der Waals surface area contributed by atoms with Crippen LogP contribution in [0, 0.1) is 11.8 Å². The molecule has 3 saturated carbocycles. The van der Waals surface area contributed by atoms with Crippen molar-refractivity contribution in [2.75, 3.05) is 66.5 Å². The Kier molecular flexibility index (Phi) is 14.9. The first-order chi connectivity index (χ1) is 22.7. The van der Waals surface area contributed by atoms with E-state index < -0.39 is 30.5 Å². The molecule has 4 aliphatic rings. The third kappa shape index (κ3) is 10.3. The molecular weight excluding hydrogens is 651 g/mol. The first-order valence-electron chi connectivity index (χ1n) is 18.0. The molecule has 3 fully saturated rings. The highest BCUT2D eigenvalue weighted by Crippen LogP contribution is 2.48. The number of aryl methyl sites for hydroxylation is 1. The molecule has 12 heteroatoms. The Labute approximate surface area is 289 Å². The maximum Gasteiger partial charge on any atom is 0.168 e. The highest BCUT2D eigenvalue weighted by Gasteiger charge is 2.42. The van der Waals surface area contributed by atoms with E-state index in [0.29, 0.717) is 63.5 Å². The number of alkyl halides is 4. The van der Waals surface area contributed by atoms with E-state index in [1.165, 1.54) is 17.5 Å². The van der Waals surface area contributed by atoms with Crippen LogP contribution in [-0.2, 0) is 25.4 Å². The predicted octanol–water partition coefficient (Wildman–Crippen LogP) is 7.34. The second-order valence-corrected chi connectivity index (χ2v) is 15.9. The van der Waals surface area contributed by atoms with Gasteiger partial charge in [0, 0.05) is 55.8 Å². The lowest BCUT2D eigenvalue weighted by atomic mass is 9.72. The molecule has 0 amide bonds. The molecule has 0 radical (unpaired) electrons. The Bertz CT molecular complexity index is 1070. The third-order valence-corrected chi connectivity index (χ3v) is 12.4. The summed E-state index contributed by atoms with van der Waals surface area (Å²) in [6.45, 7) is 3.18. The Balaban J connectivity index is 1.18. The van der Waals surface area contributed by atoms with E-state index in [-0.39, 0.29) is 30.4 Å². The molecule has 1 aromatic rings. The van der Waals surface area contributed by atoms with E-state index in [2.05, 4.69) is 9.47 Å². The molecule has 7 nitrogen and oxygen atoms in total. The Morgan fingerprint density at radius 1 is 0.894 bits per heavy atom. The molecule has 0 aliphatic heterocycles. The molecule has 0 spiro atoms. The Morgan fingerprint density at radius 3 is 2.30 bits per heavy atom. The number of hydrogen-bond donors (Lipinski definition) is 0. The molecule has 5 rings (SSSR count). The normalized spacial score (nSPS) is 34.9. The number of thioether (sulfide) groups is 1. The first kappa shape index (κ1) is 37.7. The fraction of sp³-hybridized carbons (Fsp3) is 0.914. The van der Waals surface area contributed by atoms with Gasteiger partial charge in [-0.05, 0) is 84.2 Å². The van der Waals surface area contributed by atoms with E-state index in [4.69, 9.17) is 35.5 Å². The maximum absolute atomic E-state index is 15.5. The summed E-state index contributed by atoms with van der Waals surface area (Å²) in [5, 5.41) is 0.897. The molecule has 1 aromatic heterocycles. The van der Waals surface area contributed by atoms with Crippen LogP contribution < -0.4 is 0 Å². The number of hydrogen-bond acceptors (Lipinski definition) is 7. The average molecular weight is 708 g/mol. The van der Waals surface area contributed by atoms with Gasteiger partial charge >= 0.3 is 0 Å². The van der Waals surface area contributed by atoms with Crippen molar-refractivity contribution in [2.24, 2.45) is 11.8 Å². The van der Waals surface area contributed by atoms with E-state index in [1.54, 1.807) is 7.11 Å². The van der Waals surface area contributed by atoms with Crippen molar-refractivity contribution in [3.8, 4) is 0 Å². The van der Waals surface area contributed by atoms with Crippen molar-refractivity contribution in [3.63, 3.8) is 0 Å². The van der Waals surface area contributed by atoms with E-state index in [9.17, 15) is 4.39 Å². The van der Waals surface area contributed by atoms with Crippen LogP contribution >= 0.6 is 23.4 Å². The van der Waals surface area contributed by atoms with Crippen molar-refractivity contribution in [3.05, 3.63) is 11.4 Å². The minimum atomic E-state index is -1.29. The highest BCUT2D eigenvalue weighted by atomic mass is 35.5. The van der Waals surface area contributed by atoms with Gasteiger partial charge in [-0.25, -0.2) is 18.2 Å².